The molecule has 0 aliphatic carbocycles. The molecule has 1 spiro atoms. The number of halogens is 2. The highest BCUT2D eigenvalue weighted by Gasteiger charge is 2.47. The zero-order valence-corrected chi connectivity index (χ0v) is 12.2. The number of hydrogen-bond acceptors (Lipinski definition) is 5. The van der Waals surface area contributed by atoms with E-state index in [0.29, 0.717) is 11.3 Å². The molecule has 1 unspecified atom stereocenters. The molecular formula is C14H9BrFN3O2. The summed E-state index contributed by atoms with van der Waals surface area (Å²) in [5, 5.41) is 0. The molecule has 7 heteroatoms. The van der Waals surface area contributed by atoms with Crippen molar-refractivity contribution in [2.45, 2.75) is 5.54 Å². The number of nitrogens with zero attached hydrogens (tertiary/aromatic N) is 2. The van der Waals surface area contributed by atoms with Crippen LogP contribution in [0.25, 0.3) is 0 Å². The average Bonchev–Trinajstić information content (AvgIpc) is 2.83. The SMILES string of the molecule is NC1=NC2(CO1)c1cc(Br)ccc1Oc1nc(F)ccc12. The highest BCUT2D eigenvalue weighted by Crippen LogP contribution is 2.50. The van der Waals surface area contributed by atoms with Gasteiger partial charge < -0.3 is 15.2 Å². The van der Waals surface area contributed by atoms with Crippen LogP contribution in [0.3, 0.4) is 0 Å². The molecule has 0 saturated heterocycles. The molecule has 5 nitrogen and oxygen atoms in total. The van der Waals surface area contributed by atoms with Crippen molar-refractivity contribution in [3.63, 3.8) is 0 Å². The van der Waals surface area contributed by atoms with E-state index < -0.39 is 11.5 Å². The number of aromatic nitrogens is 1. The van der Waals surface area contributed by atoms with Crippen LogP contribution in [0.15, 0.2) is 39.8 Å². The van der Waals surface area contributed by atoms with Crippen LogP contribution in [-0.4, -0.2) is 17.6 Å². The Kier molecular flexibility index (Phi) is 2.50. The van der Waals surface area contributed by atoms with Crippen molar-refractivity contribution < 1.29 is 13.9 Å². The third-order valence-electron chi connectivity index (χ3n) is 3.60. The third kappa shape index (κ3) is 1.73. The molecule has 4 rings (SSSR count). The highest BCUT2D eigenvalue weighted by atomic mass is 79.9. The van der Waals surface area contributed by atoms with Crippen LogP contribution in [0.4, 0.5) is 4.39 Å². The summed E-state index contributed by atoms with van der Waals surface area (Å²) < 4.78 is 25.3. The zero-order valence-electron chi connectivity index (χ0n) is 10.6. The molecule has 106 valence electrons. The van der Waals surface area contributed by atoms with E-state index in [4.69, 9.17) is 15.2 Å². The maximum Gasteiger partial charge on any atom is 0.283 e. The smallest absolute Gasteiger partial charge is 0.283 e. The van der Waals surface area contributed by atoms with Crippen molar-refractivity contribution >= 4 is 22.0 Å². The Morgan fingerprint density at radius 2 is 2.10 bits per heavy atom. The molecule has 2 aromatic rings. The van der Waals surface area contributed by atoms with Crippen molar-refractivity contribution in [1.29, 1.82) is 0 Å². The standard InChI is InChI=1S/C14H9BrFN3O2/c15-7-1-3-10-9(5-7)14(6-20-13(17)19-14)8-2-4-11(16)18-12(8)21-10/h1-5H,6H2,(H2,17,19). The Balaban J connectivity index is 2.04. The van der Waals surface area contributed by atoms with E-state index in [1.807, 2.05) is 12.1 Å². The van der Waals surface area contributed by atoms with E-state index in [2.05, 4.69) is 25.9 Å². The number of ether oxygens (including phenoxy) is 2. The van der Waals surface area contributed by atoms with Crippen LogP contribution < -0.4 is 10.5 Å². The Bertz CT molecular complexity index is 796. The van der Waals surface area contributed by atoms with Crippen LogP contribution in [0.2, 0.25) is 0 Å². The van der Waals surface area contributed by atoms with Gasteiger partial charge in [0.15, 0.2) is 5.54 Å². The van der Waals surface area contributed by atoms with Gasteiger partial charge in [0.25, 0.3) is 6.02 Å². The number of hydrogen-bond donors (Lipinski definition) is 1. The van der Waals surface area contributed by atoms with Gasteiger partial charge in [0.05, 0.1) is 5.56 Å². The van der Waals surface area contributed by atoms with Gasteiger partial charge in [-0.25, -0.2) is 4.99 Å². The van der Waals surface area contributed by atoms with Gasteiger partial charge in [-0.2, -0.15) is 9.37 Å². The summed E-state index contributed by atoms with van der Waals surface area (Å²) in [5.41, 5.74) is 6.29. The van der Waals surface area contributed by atoms with Crippen molar-refractivity contribution in [3.8, 4) is 11.6 Å². The lowest BCUT2D eigenvalue weighted by atomic mass is 9.83. The summed E-state index contributed by atoms with van der Waals surface area (Å²) in [5.74, 6) is 0.137. The van der Waals surface area contributed by atoms with Gasteiger partial charge in [0.2, 0.25) is 11.8 Å². The van der Waals surface area contributed by atoms with E-state index >= 15 is 0 Å². The summed E-state index contributed by atoms with van der Waals surface area (Å²) in [7, 11) is 0. The van der Waals surface area contributed by atoms with Gasteiger partial charge in [-0.3, -0.25) is 0 Å². The highest BCUT2D eigenvalue weighted by molar-refractivity contribution is 9.10. The van der Waals surface area contributed by atoms with Crippen molar-refractivity contribution in [2.75, 3.05) is 6.61 Å². The minimum absolute atomic E-state index is 0.0955. The first-order valence-corrected chi connectivity index (χ1v) is 7.01. The number of benzene rings is 1. The second kappa shape index (κ2) is 4.17. The van der Waals surface area contributed by atoms with Crippen molar-refractivity contribution in [1.82, 2.24) is 4.98 Å². The van der Waals surface area contributed by atoms with Crippen molar-refractivity contribution in [2.24, 2.45) is 10.7 Å². The van der Waals surface area contributed by atoms with Crippen molar-refractivity contribution in [3.05, 3.63) is 51.9 Å². The quantitative estimate of drug-likeness (QED) is 0.742. The molecular weight excluding hydrogens is 341 g/mol. The summed E-state index contributed by atoms with van der Waals surface area (Å²) in [6.45, 7) is 0.228. The van der Waals surface area contributed by atoms with Crippen LogP contribution in [0.1, 0.15) is 11.1 Å². The number of aliphatic imine (C=N–C) groups is 1. The van der Waals surface area contributed by atoms with Gasteiger partial charge >= 0.3 is 0 Å². The van der Waals surface area contributed by atoms with E-state index in [-0.39, 0.29) is 18.5 Å². The maximum atomic E-state index is 13.4. The van der Waals surface area contributed by atoms with Crippen LogP contribution in [-0.2, 0) is 10.3 Å². The average molecular weight is 350 g/mol. The largest absolute Gasteiger partial charge is 0.462 e. The fourth-order valence-corrected chi connectivity index (χ4v) is 3.04. The Hall–Kier alpha value is -2.15. The fraction of sp³-hybridized carbons (Fsp3) is 0.143. The number of amidine groups is 1. The number of pyridine rings is 1. The second-order valence-corrected chi connectivity index (χ2v) is 5.74. The molecule has 1 atom stereocenters. The van der Waals surface area contributed by atoms with Crippen LogP contribution in [0.5, 0.6) is 11.6 Å². The predicted molar refractivity (Wildman–Crippen MR) is 76.8 cm³/mol. The summed E-state index contributed by atoms with van der Waals surface area (Å²) in [6, 6.07) is 8.48. The van der Waals surface area contributed by atoms with Gasteiger partial charge in [-0.05, 0) is 30.3 Å². The lowest BCUT2D eigenvalue weighted by Crippen LogP contribution is -2.31. The first kappa shape index (κ1) is 12.6. The Morgan fingerprint density at radius 3 is 2.86 bits per heavy atom. The molecule has 1 aromatic carbocycles. The van der Waals surface area contributed by atoms with E-state index in [0.717, 1.165) is 10.0 Å². The number of fused-ring (bicyclic) bond motifs is 4. The molecule has 2 aliphatic rings. The molecule has 2 aliphatic heterocycles. The summed E-state index contributed by atoms with van der Waals surface area (Å²) in [4.78, 5) is 8.25. The number of rotatable bonds is 0. The normalized spacial score (nSPS) is 22.1. The molecule has 0 bridgehead atoms. The molecule has 2 N–H and O–H groups in total. The van der Waals surface area contributed by atoms with E-state index in [1.165, 1.54) is 6.07 Å². The molecule has 0 saturated carbocycles. The topological polar surface area (TPSA) is 69.7 Å². The molecule has 0 radical (unpaired) electrons. The first-order valence-electron chi connectivity index (χ1n) is 6.21. The van der Waals surface area contributed by atoms with Gasteiger partial charge in [-0.15, -0.1) is 0 Å². The summed E-state index contributed by atoms with van der Waals surface area (Å²) >= 11 is 3.44. The minimum atomic E-state index is -0.850. The molecule has 1 aromatic heterocycles. The van der Waals surface area contributed by atoms with E-state index in [9.17, 15) is 4.39 Å². The van der Waals surface area contributed by atoms with Gasteiger partial charge in [-0.1, -0.05) is 15.9 Å². The molecule has 0 amide bonds. The monoisotopic (exact) mass is 349 g/mol. The van der Waals surface area contributed by atoms with Crippen LogP contribution >= 0.6 is 15.9 Å². The number of nitrogens with two attached hydrogens (primary N) is 1. The van der Waals surface area contributed by atoms with Gasteiger partial charge in [0, 0.05) is 10.0 Å². The lowest BCUT2D eigenvalue weighted by molar-refractivity contribution is 0.261. The van der Waals surface area contributed by atoms with Crippen LogP contribution in [0, 0.1) is 5.95 Å². The summed E-state index contributed by atoms with van der Waals surface area (Å²) in [6.07, 6.45) is 0. The van der Waals surface area contributed by atoms with E-state index in [1.54, 1.807) is 12.1 Å². The third-order valence-corrected chi connectivity index (χ3v) is 4.09. The Morgan fingerprint density at radius 1 is 1.24 bits per heavy atom. The first-order chi connectivity index (χ1) is 10.1. The Labute approximate surface area is 127 Å². The fourth-order valence-electron chi connectivity index (χ4n) is 2.68. The lowest BCUT2D eigenvalue weighted by Gasteiger charge is -2.32. The molecule has 21 heavy (non-hydrogen) atoms. The molecule has 0 fully saturated rings. The minimum Gasteiger partial charge on any atom is -0.462 e. The zero-order chi connectivity index (χ0) is 14.6. The molecule has 3 heterocycles. The van der Waals surface area contributed by atoms with Gasteiger partial charge in [0.1, 0.15) is 12.4 Å². The maximum absolute atomic E-state index is 13.4. The predicted octanol–water partition coefficient (Wildman–Crippen LogP) is 2.68. The second-order valence-electron chi connectivity index (χ2n) is 4.83.